The molecule has 7 heteroatoms. The van der Waals surface area contributed by atoms with E-state index in [1.54, 1.807) is 0 Å². The highest BCUT2D eigenvalue weighted by Crippen LogP contribution is 2.30. The molecule has 0 aromatic heterocycles. The van der Waals surface area contributed by atoms with Crippen LogP contribution in [0.3, 0.4) is 0 Å². The molecule has 0 aliphatic heterocycles. The summed E-state index contributed by atoms with van der Waals surface area (Å²) in [5, 5.41) is 32.3. The van der Waals surface area contributed by atoms with E-state index >= 15 is 0 Å². The molecule has 0 heterocycles. The van der Waals surface area contributed by atoms with Crippen LogP contribution in [-0.2, 0) is 11.3 Å². The number of aliphatic hydroxyl groups is 2. The van der Waals surface area contributed by atoms with E-state index in [1.807, 2.05) is 30.3 Å². The number of rotatable bonds is 7. The number of carbonyl (C=O) groups excluding carboxylic acids is 1. The number of ether oxygens (including phenoxy) is 2. The lowest BCUT2D eigenvalue weighted by Crippen LogP contribution is -2.35. The average Bonchev–Trinajstić information content (AvgIpc) is 2.65. The van der Waals surface area contributed by atoms with Crippen molar-refractivity contribution in [2.45, 2.75) is 18.8 Å². The number of alkyl carbamates (subject to hydrolysis) is 1. The summed E-state index contributed by atoms with van der Waals surface area (Å²) in [5.41, 5.74) is 0.936. The molecule has 0 saturated carbocycles. The minimum absolute atomic E-state index is 0.0992. The van der Waals surface area contributed by atoms with E-state index in [1.165, 1.54) is 25.3 Å². The lowest BCUT2D eigenvalue weighted by molar-refractivity contribution is 0.0170. The molecule has 134 valence electrons. The summed E-state index contributed by atoms with van der Waals surface area (Å²) in [6, 6.07) is 13.4. The number of methoxy groups -OCH3 is 1. The van der Waals surface area contributed by atoms with Crippen molar-refractivity contribution in [3.8, 4) is 11.5 Å². The minimum Gasteiger partial charge on any atom is -0.508 e. The minimum atomic E-state index is -1.40. The molecule has 2 aromatic carbocycles. The van der Waals surface area contributed by atoms with Crippen molar-refractivity contribution in [1.29, 1.82) is 0 Å². The Labute approximate surface area is 145 Å². The van der Waals surface area contributed by atoms with E-state index in [0.29, 0.717) is 5.75 Å². The van der Waals surface area contributed by atoms with Crippen molar-refractivity contribution in [2.24, 2.45) is 0 Å². The molecule has 0 saturated heterocycles. The van der Waals surface area contributed by atoms with Crippen LogP contribution < -0.4 is 10.1 Å². The lowest BCUT2D eigenvalue weighted by atomic mass is 10.0. The number of aliphatic hydroxyl groups excluding tert-OH is 2. The highest BCUT2D eigenvalue weighted by Gasteiger charge is 2.22. The molecule has 2 rings (SSSR count). The molecule has 1 amide bonds. The van der Waals surface area contributed by atoms with Gasteiger partial charge in [-0.25, -0.2) is 4.79 Å². The monoisotopic (exact) mass is 347 g/mol. The van der Waals surface area contributed by atoms with Crippen molar-refractivity contribution in [1.82, 2.24) is 5.32 Å². The zero-order valence-electron chi connectivity index (χ0n) is 13.8. The van der Waals surface area contributed by atoms with Gasteiger partial charge in [-0.1, -0.05) is 30.3 Å². The Kier molecular flexibility index (Phi) is 6.62. The van der Waals surface area contributed by atoms with Crippen LogP contribution in [0.4, 0.5) is 4.79 Å². The topological polar surface area (TPSA) is 108 Å². The molecule has 0 aliphatic carbocycles. The summed E-state index contributed by atoms with van der Waals surface area (Å²) in [6.07, 6.45) is -3.45. The van der Waals surface area contributed by atoms with Crippen LogP contribution in [0.1, 0.15) is 17.2 Å². The first-order valence-corrected chi connectivity index (χ1v) is 7.69. The zero-order valence-corrected chi connectivity index (χ0v) is 13.8. The van der Waals surface area contributed by atoms with Gasteiger partial charge in [0.15, 0.2) is 0 Å². The molecule has 4 N–H and O–H groups in total. The van der Waals surface area contributed by atoms with Crippen molar-refractivity contribution in [3.63, 3.8) is 0 Å². The van der Waals surface area contributed by atoms with Crippen LogP contribution in [0.25, 0.3) is 0 Å². The summed E-state index contributed by atoms with van der Waals surface area (Å²) < 4.78 is 10.0. The summed E-state index contributed by atoms with van der Waals surface area (Å²) in [5.74, 6) is 0.244. The quantitative estimate of drug-likeness (QED) is 0.607. The number of carbonyl (C=O) groups is 1. The molecule has 0 spiro atoms. The van der Waals surface area contributed by atoms with E-state index in [2.05, 4.69) is 5.32 Å². The van der Waals surface area contributed by atoms with E-state index < -0.39 is 18.3 Å². The first kappa shape index (κ1) is 18.6. The van der Waals surface area contributed by atoms with Crippen molar-refractivity contribution < 1.29 is 29.6 Å². The third-order valence-electron chi connectivity index (χ3n) is 3.59. The number of aromatic hydroxyl groups is 1. The Morgan fingerprint density at radius 2 is 1.88 bits per heavy atom. The highest BCUT2D eigenvalue weighted by atomic mass is 16.5. The third kappa shape index (κ3) is 5.37. The van der Waals surface area contributed by atoms with Gasteiger partial charge in [-0.2, -0.15) is 0 Å². The van der Waals surface area contributed by atoms with Gasteiger partial charge in [0.1, 0.15) is 30.3 Å². The van der Waals surface area contributed by atoms with Crippen LogP contribution >= 0.6 is 0 Å². The van der Waals surface area contributed by atoms with Gasteiger partial charge in [-0.15, -0.1) is 0 Å². The molecule has 0 radical (unpaired) electrons. The fourth-order valence-corrected chi connectivity index (χ4v) is 2.18. The summed E-state index contributed by atoms with van der Waals surface area (Å²) in [6.45, 7) is -0.145. The van der Waals surface area contributed by atoms with Crippen LogP contribution in [0.5, 0.6) is 11.5 Å². The first-order chi connectivity index (χ1) is 12.0. The predicted octanol–water partition coefficient (Wildman–Crippen LogP) is 1.72. The second-order valence-corrected chi connectivity index (χ2v) is 5.38. The lowest BCUT2D eigenvalue weighted by Gasteiger charge is -2.20. The number of benzene rings is 2. The van der Waals surface area contributed by atoms with Gasteiger partial charge in [-0.05, 0) is 23.8 Å². The molecule has 0 bridgehead atoms. The average molecular weight is 347 g/mol. The number of hydrogen-bond donors (Lipinski definition) is 4. The maximum Gasteiger partial charge on any atom is 0.407 e. The number of phenolic OH excluding ortho intramolecular Hbond substituents is 1. The largest absolute Gasteiger partial charge is 0.508 e. The van der Waals surface area contributed by atoms with E-state index in [-0.39, 0.29) is 24.5 Å². The molecule has 25 heavy (non-hydrogen) atoms. The predicted molar refractivity (Wildman–Crippen MR) is 90.3 cm³/mol. The second-order valence-electron chi connectivity index (χ2n) is 5.38. The molecule has 2 aromatic rings. The van der Waals surface area contributed by atoms with Gasteiger partial charge in [0, 0.05) is 12.1 Å². The summed E-state index contributed by atoms with van der Waals surface area (Å²) in [4.78, 5) is 11.7. The zero-order chi connectivity index (χ0) is 18.2. The second kappa shape index (κ2) is 8.91. The van der Waals surface area contributed by atoms with Gasteiger partial charge in [0.05, 0.1) is 7.11 Å². The number of phenols is 1. The first-order valence-electron chi connectivity index (χ1n) is 7.69. The van der Waals surface area contributed by atoms with Crippen molar-refractivity contribution in [2.75, 3.05) is 13.7 Å². The van der Waals surface area contributed by atoms with Crippen molar-refractivity contribution >= 4 is 6.09 Å². The van der Waals surface area contributed by atoms with E-state index in [0.717, 1.165) is 5.56 Å². The van der Waals surface area contributed by atoms with E-state index in [4.69, 9.17) is 9.47 Å². The fraction of sp³-hybridized carbons (Fsp3) is 0.278. The molecule has 7 nitrogen and oxygen atoms in total. The van der Waals surface area contributed by atoms with E-state index in [9.17, 15) is 20.1 Å². The Bertz CT molecular complexity index is 691. The highest BCUT2D eigenvalue weighted by molar-refractivity contribution is 5.67. The fourth-order valence-electron chi connectivity index (χ4n) is 2.18. The number of amides is 1. The summed E-state index contributed by atoms with van der Waals surface area (Å²) >= 11 is 0. The van der Waals surface area contributed by atoms with Gasteiger partial charge >= 0.3 is 6.09 Å². The molecule has 2 unspecified atom stereocenters. The van der Waals surface area contributed by atoms with Gasteiger partial charge < -0.3 is 30.1 Å². The van der Waals surface area contributed by atoms with Gasteiger partial charge in [-0.3, -0.25) is 0 Å². The SMILES string of the molecule is COc1ccc(O)c(C(O)C(O)CNC(=O)OCc2ccccc2)c1. The molecule has 0 aliphatic rings. The van der Waals surface area contributed by atoms with Crippen molar-refractivity contribution in [3.05, 3.63) is 59.7 Å². The Balaban J connectivity index is 1.84. The third-order valence-corrected chi connectivity index (χ3v) is 3.59. The smallest absolute Gasteiger partial charge is 0.407 e. The Morgan fingerprint density at radius 1 is 1.16 bits per heavy atom. The maximum atomic E-state index is 11.7. The van der Waals surface area contributed by atoms with Crippen LogP contribution in [0, 0.1) is 0 Å². The molecular weight excluding hydrogens is 326 g/mol. The molecule has 0 fully saturated rings. The van der Waals surface area contributed by atoms with Crippen LogP contribution in [0.15, 0.2) is 48.5 Å². The van der Waals surface area contributed by atoms with Crippen LogP contribution in [0.2, 0.25) is 0 Å². The number of nitrogens with one attached hydrogen (secondary N) is 1. The maximum absolute atomic E-state index is 11.7. The Hall–Kier alpha value is -2.77. The molecular formula is C18H21NO6. The Morgan fingerprint density at radius 3 is 2.56 bits per heavy atom. The van der Waals surface area contributed by atoms with Crippen LogP contribution in [-0.4, -0.2) is 41.2 Å². The van der Waals surface area contributed by atoms with Gasteiger partial charge in [0.2, 0.25) is 0 Å². The molecule has 2 atom stereocenters. The normalized spacial score (nSPS) is 12.9. The number of hydrogen-bond acceptors (Lipinski definition) is 6. The summed E-state index contributed by atoms with van der Waals surface area (Å²) in [7, 11) is 1.45. The standard InChI is InChI=1S/C18H21NO6/c1-24-13-7-8-15(20)14(9-13)17(22)16(21)10-19-18(23)25-11-12-5-3-2-4-6-12/h2-9,16-17,20-22H,10-11H2,1H3,(H,19,23). The van der Waals surface area contributed by atoms with Gasteiger partial charge in [0.25, 0.3) is 0 Å².